The van der Waals surface area contributed by atoms with E-state index in [2.05, 4.69) is 24.0 Å². The van der Waals surface area contributed by atoms with Crippen molar-refractivity contribution in [3.63, 3.8) is 0 Å². The van der Waals surface area contributed by atoms with Crippen LogP contribution in [0, 0.1) is 0 Å². The molecule has 0 radical (unpaired) electrons. The third-order valence-corrected chi connectivity index (χ3v) is 4.15. The van der Waals surface area contributed by atoms with Crippen LogP contribution in [0.2, 0.25) is 0 Å². The van der Waals surface area contributed by atoms with Gasteiger partial charge in [-0.05, 0) is 33.1 Å². The van der Waals surface area contributed by atoms with Crippen LogP contribution in [-0.2, 0) is 17.7 Å². The highest BCUT2D eigenvalue weighted by molar-refractivity contribution is 5.74. The number of aromatic nitrogens is 2. The van der Waals surface area contributed by atoms with E-state index in [-0.39, 0.29) is 18.1 Å². The van der Waals surface area contributed by atoms with Gasteiger partial charge in [0.15, 0.2) is 5.82 Å². The maximum absolute atomic E-state index is 12.6. The molecule has 1 aliphatic rings. The molecule has 1 aromatic heterocycles. The van der Waals surface area contributed by atoms with Crippen LogP contribution in [0.25, 0.3) is 0 Å². The van der Waals surface area contributed by atoms with Gasteiger partial charge in [-0.25, -0.2) is 4.79 Å². The SMILES string of the molecule is COCCc1noc(CN(C)C(=O)N2[C@H](C)CCC[C@@H]2C)n1. The summed E-state index contributed by atoms with van der Waals surface area (Å²) in [5.74, 6) is 1.07. The third kappa shape index (κ3) is 3.97. The van der Waals surface area contributed by atoms with Crippen molar-refractivity contribution in [2.45, 2.75) is 58.2 Å². The lowest BCUT2D eigenvalue weighted by molar-refractivity contribution is 0.0942. The molecule has 0 aromatic carbocycles. The molecule has 124 valence electrons. The molecule has 2 rings (SSSR count). The van der Waals surface area contributed by atoms with Gasteiger partial charge in [-0.15, -0.1) is 0 Å². The van der Waals surface area contributed by atoms with Crippen LogP contribution in [0.3, 0.4) is 0 Å². The van der Waals surface area contributed by atoms with E-state index in [9.17, 15) is 4.79 Å². The Morgan fingerprint density at radius 1 is 1.41 bits per heavy atom. The second-order valence-corrected chi connectivity index (χ2v) is 6.02. The number of ether oxygens (including phenoxy) is 1. The predicted molar refractivity (Wildman–Crippen MR) is 81.4 cm³/mol. The molecule has 0 N–H and O–H groups in total. The Labute approximate surface area is 131 Å². The molecule has 2 heterocycles. The lowest BCUT2D eigenvalue weighted by Gasteiger charge is -2.40. The first-order chi connectivity index (χ1) is 10.5. The Morgan fingerprint density at radius 2 is 2.09 bits per heavy atom. The molecule has 0 spiro atoms. The standard InChI is InChI=1S/C15H26N4O3/c1-11-6-5-7-12(2)19(11)15(20)18(3)10-14-16-13(17-22-14)8-9-21-4/h11-12H,5-10H2,1-4H3/t11-,12+. The molecule has 22 heavy (non-hydrogen) atoms. The number of nitrogens with zero attached hydrogens (tertiary/aromatic N) is 4. The molecule has 2 atom stereocenters. The van der Waals surface area contributed by atoms with Gasteiger partial charge < -0.3 is 19.1 Å². The molecule has 1 saturated heterocycles. The van der Waals surface area contributed by atoms with Crippen LogP contribution in [0.4, 0.5) is 4.79 Å². The summed E-state index contributed by atoms with van der Waals surface area (Å²) in [6.07, 6.45) is 3.91. The van der Waals surface area contributed by atoms with Gasteiger partial charge in [0.25, 0.3) is 0 Å². The van der Waals surface area contributed by atoms with Gasteiger partial charge in [-0.3, -0.25) is 0 Å². The van der Waals surface area contributed by atoms with E-state index in [0.29, 0.717) is 31.3 Å². The Morgan fingerprint density at radius 3 is 2.73 bits per heavy atom. The molecular weight excluding hydrogens is 284 g/mol. The number of rotatable bonds is 5. The first-order valence-corrected chi connectivity index (χ1v) is 7.86. The van der Waals surface area contributed by atoms with Crippen molar-refractivity contribution in [3.8, 4) is 0 Å². The van der Waals surface area contributed by atoms with Gasteiger partial charge in [0.2, 0.25) is 5.89 Å². The largest absolute Gasteiger partial charge is 0.384 e. The predicted octanol–water partition coefficient (Wildman–Crippen LogP) is 2.07. The first-order valence-electron chi connectivity index (χ1n) is 7.86. The molecule has 1 fully saturated rings. The van der Waals surface area contributed by atoms with Crippen molar-refractivity contribution in [3.05, 3.63) is 11.7 Å². The van der Waals surface area contributed by atoms with Gasteiger partial charge >= 0.3 is 6.03 Å². The lowest BCUT2D eigenvalue weighted by Crippen LogP contribution is -2.52. The number of hydrogen-bond acceptors (Lipinski definition) is 5. The minimum absolute atomic E-state index is 0.0244. The fourth-order valence-corrected chi connectivity index (χ4v) is 2.92. The number of carbonyl (C=O) groups is 1. The quantitative estimate of drug-likeness (QED) is 0.832. The van der Waals surface area contributed by atoms with Crippen LogP contribution in [0.1, 0.15) is 44.8 Å². The zero-order valence-electron chi connectivity index (χ0n) is 13.9. The minimum Gasteiger partial charge on any atom is -0.384 e. The van der Waals surface area contributed by atoms with Gasteiger partial charge in [-0.2, -0.15) is 4.98 Å². The zero-order chi connectivity index (χ0) is 16.1. The van der Waals surface area contributed by atoms with Crippen LogP contribution in [0.5, 0.6) is 0 Å². The first kappa shape index (κ1) is 16.7. The van der Waals surface area contributed by atoms with Crippen LogP contribution >= 0.6 is 0 Å². The van der Waals surface area contributed by atoms with Crippen LogP contribution in [-0.4, -0.2) is 58.8 Å². The number of hydrogen-bond donors (Lipinski definition) is 0. The summed E-state index contributed by atoms with van der Waals surface area (Å²) in [5, 5.41) is 3.89. The summed E-state index contributed by atoms with van der Waals surface area (Å²) in [6, 6.07) is 0.577. The number of urea groups is 1. The van der Waals surface area contributed by atoms with Gasteiger partial charge in [0, 0.05) is 32.7 Å². The molecule has 1 aromatic rings. The van der Waals surface area contributed by atoms with Crippen molar-refractivity contribution in [1.82, 2.24) is 19.9 Å². The van der Waals surface area contributed by atoms with Gasteiger partial charge in [0.05, 0.1) is 6.61 Å². The van der Waals surface area contributed by atoms with E-state index < -0.39 is 0 Å². The highest BCUT2D eigenvalue weighted by Crippen LogP contribution is 2.23. The van der Waals surface area contributed by atoms with Crippen molar-refractivity contribution in [2.24, 2.45) is 0 Å². The molecule has 1 aliphatic heterocycles. The van der Waals surface area contributed by atoms with E-state index in [1.807, 2.05) is 4.90 Å². The van der Waals surface area contributed by atoms with E-state index in [1.165, 1.54) is 6.42 Å². The maximum atomic E-state index is 12.6. The van der Waals surface area contributed by atoms with Crippen LogP contribution in [0.15, 0.2) is 4.52 Å². The van der Waals surface area contributed by atoms with Gasteiger partial charge in [0.1, 0.15) is 6.54 Å². The molecule has 7 nitrogen and oxygen atoms in total. The second kappa shape index (κ2) is 7.58. The highest BCUT2D eigenvalue weighted by Gasteiger charge is 2.31. The summed E-state index contributed by atoms with van der Waals surface area (Å²) in [5.41, 5.74) is 0. The Hall–Kier alpha value is -1.63. The molecule has 0 unspecified atom stereocenters. The number of piperidine rings is 1. The van der Waals surface area contributed by atoms with Crippen molar-refractivity contribution in [1.29, 1.82) is 0 Å². The second-order valence-electron chi connectivity index (χ2n) is 6.02. The maximum Gasteiger partial charge on any atom is 0.320 e. The summed E-state index contributed by atoms with van der Waals surface area (Å²) >= 11 is 0. The topological polar surface area (TPSA) is 71.7 Å². The Bertz CT molecular complexity index is 481. The number of likely N-dealkylation sites (tertiary alicyclic amines) is 1. The van der Waals surface area contributed by atoms with Gasteiger partial charge in [-0.1, -0.05) is 5.16 Å². The molecular formula is C15H26N4O3. The highest BCUT2D eigenvalue weighted by atomic mass is 16.5. The van der Waals surface area contributed by atoms with Crippen molar-refractivity contribution >= 4 is 6.03 Å². The number of carbonyl (C=O) groups excluding carboxylic acids is 1. The molecule has 0 bridgehead atoms. The molecule has 0 saturated carbocycles. The number of methoxy groups -OCH3 is 1. The average molecular weight is 310 g/mol. The molecule has 0 aliphatic carbocycles. The fourth-order valence-electron chi connectivity index (χ4n) is 2.92. The molecule has 2 amide bonds. The normalized spacial score (nSPS) is 21.9. The third-order valence-electron chi connectivity index (χ3n) is 4.15. The summed E-state index contributed by atoms with van der Waals surface area (Å²) < 4.78 is 10.2. The average Bonchev–Trinajstić information content (AvgIpc) is 2.92. The monoisotopic (exact) mass is 310 g/mol. The lowest BCUT2D eigenvalue weighted by atomic mass is 9.98. The summed E-state index contributed by atoms with van der Waals surface area (Å²) in [6.45, 7) is 5.10. The summed E-state index contributed by atoms with van der Waals surface area (Å²) in [4.78, 5) is 20.5. The van der Waals surface area contributed by atoms with E-state index in [0.717, 1.165) is 12.8 Å². The molecule has 7 heteroatoms. The smallest absolute Gasteiger partial charge is 0.320 e. The van der Waals surface area contributed by atoms with E-state index in [4.69, 9.17) is 9.26 Å². The van der Waals surface area contributed by atoms with Crippen molar-refractivity contribution in [2.75, 3.05) is 20.8 Å². The van der Waals surface area contributed by atoms with Crippen molar-refractivity contribution < 1.29 is 14.1 Å². The summed E-state index contributed by atoms with van der Waals surface area (Å²) in [7, 11) is 3.41. The minimum atomic E-state index is 0.0244. The fraction of sp³-hybridized carbons (Fsp3) is 0.800. The van der Waals surface area contributed by atoms with Crippen LogP contribution < -0.4 is 0 Å². The van der Waals surface area contributed by atoms with E-state index >= 15 is 0 Å². The van der Waals surface area contributed by atoms with E-state index in [1.54, 1.807) is 19.1 Å². The Kier molecular flexibility index (Phi) is 5.76. The Balaban J connectivity index is 1.94. The zero-order valence-corrected chi connectivity index (χ0v) is 13.9. The number of amides is 2.